The molecule has 1 fully saturated rings. The fourth-order valence-electron chi connectivity index (χ4n) is 6.38. The number of nitrogens with zero attached hydrogens (tertiary/aromatic N) is 2. The van der Waals surface area contributed by atoms with E-state index >= 15 is 0 Å². The van der Waals surface area contributed by atoms with Crippen LogP contribution in [-0.4, -0.2) is 35.3 Å². The van der Waals surface area contributed by atoms with Crippen LogP contribution in [0.5, 0.6) is 0 Å². The minimum absolute atomic E-state index is 0.0698. The van der Waals surface area contributed by atoms with Crippen molar-refractivity contribution < 1.29 is 14.3 Å². The topological polar surface area (TPSA) is 64.4 Å². The van der Waals surface area contributed by atoms with Crippen LogP contribution in [0.25, 0.3) is 11.3 Å². The Labute approximate surface area is 272 Å². The summed E-state index contributed by atoms with van der Waals surface area (Å²) < 4.78 is 11.7. The molecule has 220 valence electrons. The molecule has 1 aliphatic carbocycles. The molecule has 5 nitrogen and oxygen atoms in total. The van der Waals surface area contributed by atoms with Crippen molar-refractivity contribution in [3.05, 3.63) is 98.7 Å². The van der Waals surface area contributed by atoms with Crippen molar-refractivity contribution in [1.29, 1.82) is 0 Å². The third kappa shape index (κ3) is 6.46. The molecule has 1 aliphatic rings. The molecule has 1 saturated carbocycles. The fraction of sp³-hybridized carbons (Fsp3) is 0.353. The Morgan fingerprint density at radius 3 is 2.14 bits per heavy atom. The van der Waals surface area contributed by atoms with Crippen LogP contribution in [0.1, 0.15) is 64.6 Å². The van der Waals surface area contributed by atoms with Gasteiger partial charge in [-0.05, 0) is 75.8 Å². The molecule has 1 heterocycles. The maximum Gasteiger partial charge on any atom is 0.303 e. The quantitative estimate of drug-likeness (QED) is 0.139. The number of aromatic nitrogens is 2. The summed E-state index contributed by atoms with van der Waals surface area (Å²) in [5, 5.41) is 17.2. The van der Waals surface area contributed by atoms with Crippen molar-refractivity contribution in [3.63, 3.8) is 0 Å². The number of carbonyl (C=O) groups is 1. The molecule has 42 heavy (non-hydrogen) atoms. The molecule has 5 rings (SSSR count). The highest BCUT2D eigenvalue weighted by atomic mass is 127. The molecule has 0 saturated heterocycles. The van der Waals surface area contributed by atoms with Crippen LogP contribution in [0, 0.1) is 3.57 Å². The second-order valence-corrected chi connectivity index (χ2v) is 18.4. The fourth-order valence-corrected chi connectivity index (χ4v) is 12.3. The minimum Gasteiger partial charge on any atom is -0.481 e. The van der Waals surface area contributed by atoms with Gasteiger partial charge in [0.15, 0.2) is 0 Å². The molecule has 0 aliphatic heterocycles. The van der Waals surface area contributed by atoms with Crippen molar-refractivity contribution >= 4 is 63.2 Å². The van der Waals surface area contributed by atoms with Crippen LogP contribution in [0.2, 0.25) is 5.04 Å². The van der Waals surface area contributed by atoms with Crippen molar-refractivity contribution in [2.75, 3.05) is 0 Å². The van der Waals surface area contributed by atoms with Crippen LogP contribution in [0.3, 0.4) is 0 Å². The summed E-state index contributed by atoms with van der Waals surface area (Å²) in [4.78, 5) is 11.6. The Kier molecular flexibility index (Phi) is 9.76. The zero-order chi connectivity index (χ0) is 29.9. The normalized spacial score (nSPS) is 17.7. The first kappa shape index (κ1) is 31.2. The zero-order valence-corrected chi connectivity index (χ0v) is 29.1. The second kappa shape index (κ2) is 13.2. The van der Waals surface area contributed by atoms with Gasteiger partial charge in [-0.15, -0.1) is 0 Å². The highest BCUT2D eigenvalue weighted by Gasteiger charge is 2.51. The van der Waals surface area contributed by atoms with Crippen molar-refractivity contribution in [1.82, 2.24) is 9.78 Å². The highest BCUT2D eigenvalue weighted by molar-refractivity contribution is 14.1. The maximum absolute atomic E-state index is 11.6. The maximum atomic E-state index is 11.6. The first-order valence-electron chi connectivity index (χ1n) is 14.6. The number of hydrogen-bond donors (Lipinski definition) is 1. The standard InChI is InChI=1S/C34H38BrIN2O3Si/c1-34(2,3)42(28-13-6-4-7-14-28,29-15-8-5-9-16-29)41-27-12-10-11-26(23-27)38-30(21-22-31(39)40)32(36)33(37-38)24-17-19-25(35)20-18-24/h4-9,13-20,26-27H,10-12,21-23H2,1-3H3,(H,39,40). The Bertz CT molecular complexity index is 1460. The average molecular weight is 758 g/mol. The van der Waals surface area contributed by atoms with Gasteiger partial charge in [0.1, 0.15) is 5.69 Å². The molecule has 4 aromatic rings. The van der Waals surface area contributed by atoms with Crippen LogP contribution < -0.4 is 10.4 Å². The van der Waals surface area contributed by atoms with Gasteiger partial charge in [0.25, 0.3) is 8.32 Å². The molecular weight excluding hydrogens is 719 g/mol. The van der Waals surface area contributed by atoms with E-state index in [4.69, 9.17) is 9.52 Å². The SMILES string of the molecule is CC(C)(C)[Si](OC1CCCC(n2nc(-c3ccc(Br)cc3)c(I)c2CCC(=O)O)C1)(c1ccccc1)c1ccccc1. The lowest BCUT2D eigenvalue weighted by atomic mass is 9.93. The van der Waals surface area contributed by atoms with Gasteiger partial charge in [-0.2, -0.15) is 5.10 Å². The molecular formula is C34H38BrIN2O3Si. The Balaban J connectivity index is 1.53. The molecule has 0 radical (unpaired) electrons. The molecule has 0 bridgehead atoms. The van der Waals surface area contributed by atoms with E-state index in [-0.39, 0.29) is 23.6 Å². The summed E-state index contributed by atoms with van der Waals surface area (Å²) in [6.45, 7) is 6.97. The molecule has 2 atom stereocenters. The third-order valence-corrected chi connectivity index (χ3v) is 15.1. The largest absolute Gasteiger partial charge is 0.481 e. The predicted octanol–water partition coefficient (Wildman–Crippen LogP) is 7.99. The van der Waals surface area contributed by atoms with E-state index in [1.54, 1.807) is 0 Å². The van der Waals surface area contributed by atoms with Crippen LogP contribution in [0.4, 0.5) is 0 Å². The lowest BCUT2D eigenvalue weighted by Gasteiger charge is -2.46. The van der Waals surface area contributed by atoms with Gasteiger partial charge >= 0.3 is 5.97 Å². The monoisotopic (exact) mass is 756 g/mol. The Morgan fingerprint density at radius 1 is 1.00 bits per heavy atom. The first-order valence-corrected chi connectivity index (χ1v) is 18.4. The zero-order valence-electron chi connectivity index (χ0n) is 24.4. The van der Waals surface area contributed by atoms with E-state index in [1.165, 1.54) is 10.4 Å². The summed E-state index contributed by atoms with van der Waals surface area (Å²) in [7, 11) is -2.69. The minimum atomic E-state index is -2.69. The lowest BCUT2D eigenvalue weighted by molar-refractivity contribution is -0.137. The smallest absolute Gasteiger partial charge is 0.303 e. The van der Waals surface area contributed by atoms with Gasteiger partial charge in [0.2, 0.25) is 0 Å². The van der Waals surface area contributed by atoms with E-state index in [9.17, 15) is 9.90 Å². The summed E-state index contributed by atoms with van der Waals surface area (Å²) >= 11 is 5.89. The molecule has 0 amide bonds. The number of halogens is 2. The van der Waals surface area contributed by atoms with Gasteiger partial charge in [-0.1, -0.05) is 109 Å². The van der Waals surface area contributed by atoms with Gasteiger partial charge in [-0.25, -0.2) is 0 Å². The van der Waals surface area contributed by atoms with Crippen LogP contribution >= 0.6 is 38.5 Å². The summed E-state index contributed by atoms with van der Waals surface area (Å²) in [6.07, 6.45) is 4.49. The molecule has 3 aromatic carbocycles. The Morgan fingerprint density at radius 2 is 1.60 bits per heavy atom. The highest BCUT2D eigenvalue weighted by Crippen LogP contribution is 2.41. The number of hydrogen-bond acceptors (Lipinski definition) is 3. The molecule has 0 spiro atoms. The number of carboxylic acids is 1. The van der Waals surface area contributed by atoms with E-state index in [0.717, 1.165) is 50.7 Å². The molecule has 2 unspecified atom stereocenters. The predicted molar refractivity (Wildman–Crippen MR) is 184 cm³/mol. The summed E-state index contributed by atoms with van der Waals surface area (Å²) in [5.74, 6) is -0.791. The van der Waals surface area contributed by atoms with Crippen LogP contribution in [0.15, 0.2) is 89.4 Å². The van der Waals surface area contributed by atoms with Gasteiger partial charge in [0.05, 0.1) is 21.7 Å². The molecule has 8 heteroatoms. The number of benzene rings is 3. The third-order valence-electron chi connectivity index (χ3n) is 8.34. The lowest BCUT2D eigenvalue weighted by Crippen LogP contribution is -2.67. The van der Waals surface area contributed by atoms with E-state index < -0.39 is 14.3 Å². The van der Waals surface area contributed by atoms with E-state index in [1.807, 2.05) is 12.1 Å². The average Bonchev–Trinajstić information content (AvgIpc) is 3.31. The van der Waals surface area contributed by atoms with Gasteiger partial charge < -0.3 is 9.53 Å². The van der Waals surface area contributed by atoms with Crippen LogP contribution in [-0.2, 0) is 15.6 Å². The number of rotatable bonds is 9. The van der Waals surface area contributed by atoms with E-state index in [0.29, 0.717) is 6.42 Å². The molecule has 1 N–H and O–H groups in total. The second-order valence-electron chi connectivity index (χ2n) is 12.2. The van der Waals surface area contributed by atoms with E-state index in [2.05, 4.69) is 137 Å². The summed E-state index contributed by atoms with van der Waals surface area (Å²) in [6, 6.07) is 30.0. The molecule has 1 aromatic heterocycles. The number of carboxylic acid groups (broad SMARTS) is 1. The number of aliphatic carboxylic acids is 1. The van der Waals surface area contributed by atoms with Crippen molar-refractivity contribution in [3.8, 4) is 11.3 Å². The van der Waals surface area contributed by atoms with Crippen molar-refractivity contribution in [2.24, 2.45) is 0 Å². The Hall–Kier alpha value is -2.27. The summed E-state index contributed by atoms with van der Waals surface area (Å²) in [5.41, 5.74) is 2.96. The van der Waals surface area contributed by atoms with Gasteiger partial charge in [0, 0.05) is 22.6 Å². The van der Waals surface area contributed by atoms with Crippen molar-refractivity contribution in [2.45, 2.75) is 76.5 Å². The van der Waals surface area contributed by atoms with Gasteiger partial charge in [-0.3, -0.25) is 9.48 Å². The first-order chi connectivity index (χ1) is 20.1.